The second-order valence-corrected chi connectivity index (χ2v) is 7.27. The van der Waals surface area contributed by atoms with Gasteiger partial charge in [-0.2, -0.15) is 0 Å². The third-order valence-electron chi connectivity index (χ3n) is 5.04. The Balaban J connectivity index is 1.59. The monoisotopic (exact) mass is 338 g/mol. The molecule has 0 amide bonds. The van der Waals surface area contributed by atoms with E-state index in [-0.39, 0.29) is 12.2 Å². The van der Waals surface area contributed by atoms with Gasteiger partial charge in [-0.3, -0.25) is 4.90 Å². The lowest BCUT2D eigenvalue weighted by Gasteiger charge is -2.36. The number of benzene rings is 2. The minimum absolute atomic E-state index is 0.226. The fraction of sp³-hybridized carbons (Fsp3) is 0.429. The average Bonchev–Trinajstić information content (AvgIpc) is 2.89. The molecule has 3 atom stereocenters. The van der Waals surface area contributed by atoms with Crippen molar-refractivity contribution in [1.29, 1.82) is 0 Å². The molecular formula is C21H26N2O2. The standard InChI is InChI=1S/C21H26N2O2/c1-15-11-22(12-16(2)25-15)13-17(24)14-23-20-9-5-3-7-18(20)19-8-4-6-10-21(19)23/h3-10,15-17,24H,11-14H2,1-2H3/t15-,16+,17-/m1/s1. The molecule has 1 aliphatic rings. The summed E-state index contributed by atoms with van der Waals surface area (Å²) >= 11 is 0. The SMILES string of the molecule is C[C@@H]1CN(C[C@@H](O)Cn2c3ccccc3c3ccccc32)C[C@H](C)O1. The van der Waals surface area contributed by atoms with Gasteiger partial charge in [-0.15, -0.1) is 0 Å². The molecule has 0 spiro atoms. The summed E-state index contributed by atoms with van der Waals surface area (Å²) in [5.41, 5.74) is 2.37. The number of β-amino-alcohol motifs (C(OH)–C–C–N with tert-alkyl or cyclic N) is 1. The van der Waals surface area contributed by atoms with Gasteiger partial charge in [0.05, 0.1) is 24.9 Å². The molecule has 2 aromatic carbocycles. The molecule has 4 rings (SSSR count). The van der Waals surface area contributed by atoms with E-state index in [0.717, 1.165) is 13.1 Å². The summed E-state index contributed by atoms with van der Waals surface area (Å²) in [6, 6.07) is 16.9. The van der Waals surface area contributed by atoms with E-state index in [9.17, 15) is 5.11 Å². The Hall–Kier alpha value is -1.88. The van der Waals surface area contributed by atoms with Gasteiger partial charge in [-0.05, 0) is 26.0 Å². The minimum atomic E-state index is -0.406. The normalized spacial score (nSPS) is 23.3. The summed E-state index contributed by atoms with van der Waals surface area (Å²) in [5, 5.41) is 13.3. The van der Waals surface area contributed by atoms with Crippen LogP contribution in [0.1, 0.15) is 13.8 Å². The van der Waals surface area contributed by atoms with Crippen molar-refractivity contribution in [2.24, 2.45) is 0 Å². The first-order chi connectivity index (χ1) is 12.1. The van der Waals surface area contributed by atoms with E-state index >= 15 is 0 Å². The number of aliphatic hydroxyl groups is 1. The fourth-order valence-corrected chi connectivity index (χ4v) is 4.20. The highest BCUT2D eigenvalue weighted by atomic mass is 16.5. The van der Waals surface area contributed by atoms with Gasteiger partial charge in [0.25, 0.3) is 0 Å². The number of hydrogen-bond donors (Lipinski definition) is 1. The van der Waals surface area contributed by atoms with Crippen molar-refractivity contribution < 1.29 is 9.84 Å². The third-order valence-corrected chi connectivity index (χ3v) is 5.04. The molecule has 0 saturated carbocycles. The van der Waals surface area contributed by atoms with E-state index in [1.165, 1.54) is 21.8 Å². The zero-order chi connectivity index (χ0) is 17.4. The van der Waals surface area contributed by atoms with Gasteiger partial charge in [-0.1, -0.05) is 36.4 Å². The predicted molar refractivity (Wildman–Crippen MR) is 102 cm³/mol. The molecule has 25 heavy (non-hydrogen) atoms. The highest BCUT2D eigenvalue weighted by Gasteiger charge is 2.24. The van der Waals surface area contributed by atoms with Crippen molar-refractivity contribution in [2.75, 3.05) is 19.6 Å². The van der Waals surface area contributed by atoms with Gasteiger partial charge in [0, 0.05) is 41.4 Å². The van der Waals surface area contributed by atoms with Crippen LogP contribution in [-0.4, -0.2) is 52.5 Å². The molecule has 1 aromatic heterocycles. The first-order valence-corrected chi connectivity index (χ1v) is 9.13. The summed E-state index contributed by atoms with van der Waals surface area (Å²) in [7, 11) is 0. The van der Waals surface area contributed by atoms with E-state index in [1.807, 2.05) is 0 Å². The summed E-state index contributed by atoms with van der Waals surface area (Å²) in [6.07, 6.45) is 0.0464. The van der Waals surface area contributed by atoms with E-state index < -0.39 is 6.10 Å². The molecule has 0 bridgehead atoms. The highest BCUT2D eigenvalue weighted by molar-refractivity contribution is 6.07. The lowest BCUT2D eigenvalue weighted by Crippen LogP contribution is -2.48. The maximum Gasteiger partial charge on any atom is 0.0846 e. The molecule has 1 aliphatic heterocycles. The molecule has 2 heterocycles. The van der Waals surface area contributed by atoms with Crippen LogP contribution in [0, 0.1) is 0 Å². The number of rotatable bonds is 4. The van der Waals surface area contributed by atoms with E-state index in [0.29, 0.717) is 13.1 Å². The maximum atomic E-state index is 10.8. The Kier molecular flexibility index (Phi) is 4.50. The van der Waals surface area contributed by atoms with Crippen LogP contribution in [-0.2, 0) is 11.3 Å². The molecule has 1 N–H and O–H groups in total. The van der Waals surface area contributed by atoms with Crippen molar-refractivity contribution in [3.8, 4) is 0 Å². The van der Waals surface area contributed by atoms with Crippen molar-refractivity contribution in [3.63, 3.8) is 0 Å². The zero-order valence-electron chi connectivity index (χ0n) is 14.9. The van der Waals surface area contributed by atoms with Crippen LogP contribution < -0.4 is 0 Å². The van der Waals surface area contributed by atoms with Gasteiger partial charge in [-0.25, -0.2) is 0 Å². The quantitative estimate of drug-likeness (QED) is 0.793. The Bertz CT molecular complexity index is 809. The molecule has 0 unspecified atom stereocenters. The third kappa shape index (κ3) is 3.30. The Labute approximate surface area is 148 Å². The molecule has 4 nitrogen and oxygen atoms in total. The molecule has 0 radical (unpaired) electrons. The molecule has 132 valence electrons. The number of fused-ring (bicyclic) bond motifs is 3. The number of hydrogen-bond acceptors (Lipinski definition) is 3. The van der Waals surface area contributed by atoms with Crippen molar-refractivity contribution in [2.45, 2.75) is 38.7 Å². The van der Waals surface area contributed by atoms with Gasteiger partial charge in [0.1, 0.15) is 0 Å². The van der Waals surface area contributed by atoms with Gasteiger partial charge < -0.3 is 14.4 Å². The van der Waals surface area contributed by atoms with Crippen molar-refractivity contribution >= 4 is 21.8 Å². The molecular weight excluding hydrogens is 312 g/mol. The summed E-state index contributed by atoms with van der Waals surface area (Å²) < 4.78 is 8.04. The summed E-state index contributed by atoms with van der Waals surface area (Å²) in [4.78, 5) is 2.32. The largest absolute Gasteiger partial charge is 0.390 e. The summed E-state index contributed by atoms with van der Waals surface area (Å²) in [5.74, 6) is 0. The smallest absolute Gasteiger partial charge is 0.0846 e. The van der Waals surface area contributed by atoms with Gasteiger partial charge in [0.15, 0.2) is 0 Å². The molecule has 4 heteroatoms. The topological polar surface area (TPSA) is 37.6 Å². The number of para-hydroxylation sites is 2. The van der Waals surface area contributed by atoms with E-state index in [1.54, 1.807) is 0 Å². The average molecular weight is 338 g/mol. The summed E-state index contributed by atoms with van der Waals surface area (Å²) in [6.45, 7) is 7.25. The van der Waals surface area contributed by atoms with Gasteiger partial charge in [0.2, 0.25) is 0 Å². The van der Waals surface area contributed by atoms with E-state index in [2.05, 4.69) is 71.8 Å². The number of aromatic nitrogens is 1. The van der Waals surface area contributed by atoms with Crippen LogP contribution in [0.2, 0.25) is 0 Å². The van der Waals surface area contributed by atoms with Crippen molar-refractivity contribution in [1.82, 2.24) is 9.47 Å². The molecule has 3 aromatic rings. The Morgan fingerprint density at radius 2 is 1.44 bits per heavy atom. The van der Waals surface area contributed by atoms with Crippen LogP contribution in [0.5, 0.6) is 0 Å². The van der Waals surface area contributed by atoms with Crippen LogP contribution in [0.3, 0.4) is 0 Å². The second-order valence-electron chi connectivity index (χ2n) is 7.27. The first kappa shape index (κ1) is 16.6. The highest BCUT2D eigenvalue weighted by Crippen LogP contribution is 2.29. The van der Waals surface area contributed by atoms with Crippen LogP contribution in [0.15, 0.2) is 48.5 Å². The number of nitrogens with zero attached hydrogens (tertiary/aromatic N) is 2. The van der Waals surface area contributed by atoms with Crippen LogP contribution in [0.4, 0.5) is 0 Å². The molecule has 1 fully saturated rings. The lowest BCUT2D eigenvalue weighted by atomic mass is 10.2. The van der Waals surface area contributed by atoms with Crippen molar-refractivity contribution in [3.05, 3.63) is 48.5 Å². The Morgan fingerprint density at radius 1 is 0.920 bits per heavy atom. The number of ether oxygens (including phenoxy) is 1. The maximum absolute atomic E-state index is 10.8. The van der Waals surface area contributed by atoms with E-state index in [4.69, 9.17) is 4.74 Å². The van der Waals surface area contributed by atoms with Crippen LogP contribution >= 0.6 is 0 Å². The zero-order valence-corrected chi connectivity index (χ0v) is 14.9. The molecule has 1 saturated heterocycles. The van der Waals surface area contributed by atoms with Crippen LogP contribution in [0.25, 0.3) is 21.8 Å². The lowest BCUT2D eigenvalue weighted by molar-refractivity contribution is -0.0771. The number of aliphatic hydroxyl groups excluding tert-OH is 1. The second kappa shape index (κ2) is 6.79. The molecule has 0 aliphatic carbocycles. The fourth-order valence-electron chi connectivity index (χ4n) is 4.20. The Morgan fingerprint density at radius 3 is 2.00 bits per heavy atom. The predicted octanol–water partition coefficient (Wildman–Crippen LogP) is 3.26. The minimum Gasteiger partial charge on any atom is -0.390 e. The first-order valence-electron chi connectivity index (χ1n) is 9.13. The number of morpholine rings is 1. The van der Waals surface area contributed by atoms with Gasteiger partial charge >= 0.3 is 0 Å².